The van der Waals surface area contributed by atoms with Gasteiger partial charge in [-0.05, 0) is 24.3 Å². The van der Waals surface area contributed by atoms with Gasteiger partial charge in [0.2, 0.25) is 0 Å². The molecule has 5 nitrogen and oxygen atoms in total. The molecule has 0 aliphatic rings. The number of aromatic nitrogens is 2. The van der Waals surface area contributed by atoms with Crippen LogP contribution in [-0.4, -0.2) is 30.0 Å². The van der Waals surface area contributed by atoms with Gasteiger partial charge in [0.15, 0.2) is 0 Å². The molecule has 0 spiro atoms. The molecule has 2 N–H and O–H groups in total. The summed E-state index contributed by atoms with van der Waals surface area (Å²) in [5.41, 5.74) is 1.55. The molecule has 0 fully saturated rings. The molecule has 18 heavy (non-hydrogen) atoms. The molecular formula is C13H16N4O. The number of pyridine rings is 1. The van der Waals surface area contributed by atoms with Crippen LogP contribution in [0.4, 0.5) is 5.82 Å². The summed E-state index contributed by atoms with van der Waals surface area (Å²) in [5.74, 6) is 0.544. The number of nitrogens with zero attached hydrogens (tertiary/aromatic N) is 2. The van der Waals surface area contributed by atoms with Crippen molar-refractivity contribution in [2.75, 3.05) is 19.0 Å². The zero-order valence-electron chi connectivity index (χ0n) is 10.5. The molecule has 2 rings (SSSR count). The van der Waals surface area contributed by atoms with Gasteiger partial charge in [-0.3, -0.25) is 4.79 Å². The molecule has 2 heterocycles. The summed E-state index contributed by atoms with van der Waals surface area (Å²) in [6, 6.07) is 7.36. The van der Waals surface area contributed by atoms with Crippen LogP contribution in [0, 0.1) is 0 Å². The van der Waals surface area contributed by atoms with E-state index in [0.29, 0.717) is 17.9 Å². The Kier molecular flexibility index (Phi) is 3.62. The monoisotopic (exact) mass is 244 g/mol. The third-order valence-electron chi connectivity index (χ3n) is 2.56. The van der Waals surface area contributed by atoms with Crippen molar-refractivity contribution < 1.29 is 4.79 Å². The number of aromatic amines is 1. The highest BCUT2D eigenvalue weighted by molar-refractivity contribution is 5.98. The predicted octanol–water partition coefficient (Wildman–Crippen LogP) is 1.41. The Morgan fingerprint density at radius 1 is 1.39 bits per heavy atom. The molecule has 0 bridgehead atoms. The van der Waals surface area contributed by atoms with Crippen LogP contribution in [0.15, 0.2) is 36.7 Å². The number of hydrogen-bond acceptors (Lipinski definition) is 3. The van der Waals surface area contributed by atoms with Crippen LogP contribution in [0.3, 0.4) is 0 Å². The SMILES string of the molecule is CN(C)c1ncccc1C(=O)NCc1ccc[nH]1. The molecule has 0 atom stereocenters. The van der Waals surface area contributed by atoms with Crippen LogP contribution in [0.25, 0.3) is 0 Å². The molecule has 2 aromatic heterocycles. The largest absolute Gasteiger partial charge is 0.364 e. The Balaban J connectivity index is 2.09. The molecule has 1 amide bonds. The summed E-state index contributed by atoms with van der Waals surface area (Å²) < 4.78 is 0. The van der Waals surface area contributed by atoms with Crippen LogP contribution in [0.5, 0.6) is 0 Å². The van der Waals surface area contributed by atoms with Crippen molar-refractivity contribution in [3.05, 3.63) is 47.9 Å². The number of carbonyl (C=O) groups excluding carboxylic acids is 1. The van der Waals surface area contributed by atoms with E-state index in [4.69, 9.17) is 0 Å². The normalized spacial score (nSPS) is 10.1. The van der Waals surface area contributed by atoms with E-state index in [2.05, 4.69) is 15.3 Å². The lowest BCUT2D eigenvalue weighted by Crippen LogP contribution is -2.26. The van der Waals surface area contributed by atoms with E-state index in [1.165, 1.54) is 0 Å². The quantitative estimate of drug-likeness (QED) is 0.854. The summed E-state index contributed by atoms with van der Waals surface area (Å²) in [4.78, 5) is 21.1. The van der Waals surface area contributed by atoms with E-state index in [0.717, 1.165) is 5.69 Å². The molecule has 0 radical (unpaired) electrons. The summed E-state index contributed by atoms with van der Waals surface area (Å²) in [6.45, 7) is 0.480. The van der Waals surface area contributed by atoms with Crippen molar-refractivity contribution in [1.29, 1.82) is 0 Å². The molecule has 0 saturated carbocycles. The zero-order chi connectivity index (χ0) is 13.0. The lowest BCUT2D eigenvalue weighted by Gasteiger charge is -2.15. The van der Waals surface area contributed by atoms with Gasteiger partial charge in [0.1, 0.15) is 5.82 Å². The van der Waals surface area contributed by atoms with E-state index in [1.807, 2.05) is 37.3 Å². The van der Waals surface area contributed by atoms with Crippen LogP contribution < -0.4 is 10.2 Å². The third kappa shape index (κ3) is 2.68. The van der Waals surface area contributed by atoms with Crippen LogP contribution in [0.1, 0.15) is 16.1 Å². The lowest BCUT2D eigenvalue weighted by atomic mass is 10.2. The first-order valence-corrected chi connectivity index (χ1v) is 5.71. The third-order valence-corrected chi connectivity index (χ3v) is 2.56. The molecule has 0 unspecified atom stereocenters. The van der Waals surface area contributed by atoms with E-state index in [9.17, 15) is 4.79 Å². The van der Waals surface area contributed by atoms with Gasteiger partial charge in [-0.1, -0.05) is 0 Å². The van der Waals surface area contributed by atoms with Crippen molar-refractivity contribution in [3.8, 4) is 0 Å². The number of anilines is 1. The van der Waals surface area contributed by atoms with Crippen LogP contribution in [0.2, 0.25) is 0 Å². The second-order valence-electron chi connectivity index (χ2n) is 4.15. The van der Waals surface area contributed by atoms with Crippen molar-refractivity contribution in [2.24, 2.45) is 0 Å². The summed E-state index contributed by atoms with van der Waals surface area (Å²) in [7, 11) is 3.73. The van der Waals surface area contributed by atoms with Gasteiger partial charge in [0.05, 0.1) is 12.1 Å². The smallest absolute Gasteiger partial charge is 0.255 e. The Bertz CT molecular complexity index is 520. The standard InChI is InChI=1S/C13H16N4O/c1-17(2)12-11(6-4-8-15-12)13(18)16-9-10-5-3-7-14-10/h3-8,14H,9H2,1-2H3,(H,16,18). The summed E-state index contributed by atoms with van der Waals surface area (Å²) in [5, 5.41) is 2.86. The Morgan fingerprint density at radius 2 is 2.22 bits per heavy atom. The van der Waals surface area contributed by atoms with E-state index >= 15 is 0 Å². The molecular weight excluding hydrogens is 228 g/mol. The highest BCUT2D eigenvalue weighted by Gasteiger charge is 2.13. The molecule has 0 saturated heterocycles. The van der Waals surface area contributed by atoms with Gasteiger partial charge in [0, 0.05) is 32.2 Å². The van der Waals surface area contributed by atoms with E-state index < -0.39 is 0 Å². The summed E-state index contributed by atoms with van der Waals surface area (Å²) >= 11 is 0. The molecule has 94 valence electrons. The second-order valence-corrected chi connectivity index (χ2v) is 4.15. The van der Waals surface area contributed by atoms with E-state index in [1.54, 1.807) is 18.3 Å². The first-order valence-electron chi connectivity index (χ1n) is 5.71. The molecule has 2 aromatic rings. The minimum Gasteiger partial charge on any atom is -0.364 e. The molecule has 0 aliphatic carbocycles. The van der Waals surface area contributed by atoms with Crippen molar-refractivity contribution in [1.82, 2.24) is 15.3 Å². The van der Waals surface area contributed by atoms with Gasteiger partial charge in [0.25, 0.3) is 5.91 Å². The maximum absolute atomic E-state index is 12.1. The van der Waals surface area contributed by atoms with Gasteiger partial charge in [-0.25, -0.2) is 4.98 Å². The van der Waals surface area contributed by atoms with Crippen molar-refractivity contribution >= 4 is 11.7 Å². The Hall–Kier alpha value is -2.30. The fraction of sp³-hybridized carbons (Fsp3) is 0.231. The van der Waals surface area contributed by atoms with Gasteiger partial charge in [-0.2, -0.15) is 0 Å². The van der Waals surface area contributed by atoms with Crippen LogP contribution >= 0.6 is 0 Å². The number of nitrogens with one attached hydrogen (secondary N) is 2. The van der Waals surface area contributed by atoms with Crippen LogP contribution in [-0.2, 0) is 6.54 Å². The second kappa shape index (κ2) is 5.35. The minimum absolute atomic E-state index is 0.124. The average Bonchev–Trinajstić information content (AvgIpc) is 2.89. The highest BCUT2D eigenvalue weighted by Crippen LogP contribution is 2.14. The molecule has 0 aromatic carbocycles. The van der Waals surface area contributed by atoms with Gasteiger partial charge < -0.3 is 15.2 Å². The first-order chi connectivity index (χ1) is 8.68. The predicted molar refractivity (Wildman–Crippen MR) is 70.5 cm³/mol. The van der Waals surface area contributed by atoms with Crippen molar-refractivity contribution in [2.45, 2.75) is 6.54 Å². The first kappa shape index (κ1) is 12.2. The van der Waals surface area contributed by atoms with Crippen molar-refractivity contribution in [3.63, 3.8) is 0 Å². The molecule has 0 aliphatic heterocycles. The average molecular weight is 244 g/mol. The molecule has 5 heteroatoms. The number of hydrogen-bond donors (Lipinski definition) is 2. The van der Waals surface area contributed by atoms with E-state index in [-0.39, 0.29) is 5.91 Å². The minimum atomic E-state index is -0.124. The summed E-state index contributed by atoms with van der Waals surface area (Å²) in [6.07, 6.45) is 3.51. The van der Waals surface area contributed by atoms with Gasteiger partial charge >= 0.3 is 0 Å². The zero-order valence-corrected chi connectivity index (χ0v) is 10.5. The topological polar surface area (TPSA) is 61.0 Å². The maximum atomic E-state index is 12.1. The number of rotatable bonds is 4. The maximum Gasteiger partial charge on any atom is 0.255 e. The fourth-order valence-corrected chi connectivity index (χ4v) is 1.68. The number of amides is 1. The Morgan fingerprint density at radius 3 is 2.89 bits per heavy atom. The van der Waals surface area contributed by atoms with Gasteiger partial charge in [-0.15, -0.1) is 0 Å². The lowest BCUT2D eigenvalue weighted by molar-refractivity contribution is 0.0950. The Labute approximate surface area is 106 Å². The number of carbonyl (C=O) groups is 1. The number of H-pyrrole nitrogens is 1. The highest BCUT2D eigenvalue weighted by atomic mass is 16.1. The fourth-order valence-electron chi connectivity index (χ4n) is 1.68.